The summed E-state index contributed by atoms with van der Waals surface area (Å²) in [7, 11) is 0. The molecule has 32 heavy (non-hydrogen) atoms. The number of halogens is 1. The number of ketones is 1. The molecule has 0 aliphatic carbocycles. The number of rotatable bonds is 5. The third-order valence-corrected chi connectivity index (χ3v) is 5.40. The van der Waals surface area contributed by atoms with Crippen molar-refractivity contribution in [1.82, 2.24) is 0 Å². The SMILES string of the molecule is Cc1c(-c2ccccc2)oc2c(C(=O)O[C@H](C)C(=O)c3cccc(Cl)c3)cccc2c1=O. The monoisotopic (exact) mass is 446 g/mol. The van der Waals surface area contributed by atoms with Gasteiger partial charge in [-0.15, -0.1) is 0 Å². The third kappa shape index (κ3) is 4.07. The first-order valence-corrected chi connectivity index (χ1v) is 10.4. The van der Waals surface area contributed by atoms with Gasteiger partial charge in [-0.1, -0.05) is 60.1 Å². The number of para-hydroxylation sites is 1. The lowest BCUT2D eigenvalue weighted by atomic mass is 10.0. The maximum atomic E-state index is 13.0. The van der Waals surface area contributed by atoms with Crippen molar-refractivity contribution in [2.75, 3.05) is 0 Å². The zero-order valence-electron chi connectivity index (χ0n) is 17.4. The lowest BCUT2D eigenvalue weighted by Gasteiger charge is -2.14. The van der Waals surface area contributed by atoms with Crippen molar-refractivity contribution in [2.24, 2.45) is 0 Å². The molecule has 5 nitrogen and oxygen atoms in total. The van der Waals surface area contributed by atoms with Crippen LogP contribution in [0.3, 0.4) is 0 Å². The second-order valence-electron chi connectivity index (χ2n) is 7.36. The summed E-state index contributed by atoms with van der Waals surface area (Å²) < 4.78 is 11.5. The highest BCUT2D eigenvalue weighted by molar-refractivity contribution is 6.31. The Labute approximate surface area is 189 Å². The molecule has 0 N–H and O–H groups in total. The molecule has 6 heteroatoms. The van der Waals surface area contributed by atoms with Crippen molar-refractivity contribution in [1.29, 1.82) is 0 Å². The Balaban J connectivity index is 1.72. The van der Waals surface area contributed by atoms with Gasteiger partial charge in [0.1, 0.15) is 11.3 Å². The summed E-state index contributed by atoms with van der Waals surface area (Å²) in [6.45, 7) is 3.17. The van der Waals surface area contributed by atoms with Crippen LogP contribution in [0.5, 0.6) is 0 Å². The number of benzene rings is 3. The Kier molecular flexibility index (Phi) is 5.93. The van der Waals surface area contributed by atoms with Crippen molar-refractivity contribution in [3.05, 3.63) is 105 Å². The first-order valence-electron chi connectivity index (χ1n) is 9.99. The van der Waals surface area contributed by atoms with Crippen LogP contribution in [0.15, 0.2) is 82.0 Å². The van der Waals surface area contributed by atoms with E-state index in [0.717, 1.165) is 5.56 Å². The fourth-order valence-electron chi connectivity index (χ4n) is 3.49. The fraction of sp³-hybridized carbons (Fsp3) is 0.115. The molecule has 0 saturated heterocycles. The van der Waals surface area contributed by atoms with Crippen molar-refractivity contribution in [3.63, 3.8) is 0 Å². The zero-order valence-corrected chi connectivity index (χ0v) is 18.2. The molecule has 160 valence electrons. The van der Waals surface area contributed by atoms with Crippen LogP contribution < -0.4 is 5.43 Å². The molecule has 0 aliphatic heterocycles. The van der Waals surface area contributed by atoms with E-state index in [1.807, 2.05) is 30.3 Å². The summed E-state index contributed by atoms with van der Waals surface area (Å²) in [5, 5.41) is 0.680. The lowest BCUT2D eigenvalue weighted by Crippen LogP contribution is -2.24. The molecule has 0 unspecified atom stereocenters. The molecular weight excluding hydrogens is 428 g/mol. The highest BCUT2D eigenvalue weighted by Crippen LogP contribution is 2.28. The first kappa shape index (κ1) is 21.5. The molecule has 0 amide bonds. The number of carbonyl (C=O) groups excluding carboxylic acids is 2. The van der Waals surface area contributed by atoms with E-state index in [-0.39, 0.29) is 27.7 Å². The Morgan fingerprint density at radius 1 is 0.969 bits per heavy atom. The van der Waals surface area contributed by atoms with Gasteiger partial charge in [-0.2, -0.15) is 0 Å². The zero-order chi connectivity index (χ0) is 22.8. The molecule has 0 fully saturated rings. The smallest absolute Gasteiger partial charge is 0.342 e. The van der Waals surface area contributed by atoms with Crippen molar-refractivity contribution < 1.29 is 18.7 Å². The highest BCUT2D eigenvalue weighted by Gasteiger charge is 2.24. The van der Waals surface area contributed by atoms with E-state index in [1.54, 1.807) is 37.3 Å². The van der Waals surface area contributed by atoms with Crippen LogP contribution in [-0.4, -0.2) is 17.9 Å². The second kappa shape index (κ2) is 8.81. The average Bonchev–Trinajstić information content (AvgIpc) is 2.81. The molecule has 3 aromatic carbocycles. The van der Waals surface area contributed by atoms with E-state index in [0.29, 0.717) is 21.9 Å². The minimum Gasteiger partial charge on any atom is -0.455 e. The van der Waals surface area contributed by atoms with Crippen LogP contribution in [0.25, 0.3) is 22.3 Å². The number of ether oxygens (including phenoxy) is 1. The maximum absolute atomic E-state index is 13.0. The minimum atomic E-state index is -1.05. The molecule has 0 radical (unpaired) electrons. The Hall–Kier alpha value is -3.70. The fourth-order valence-corrected chi connectivity index (χ4v) is 3.68. The van der Waals surface area contributed by atoms with Gasteiger partial charge in [-0.25, -0.2) is 4.79 Å². The predicted molar refractivity (Wildman–Crippen MR) is 123 cm³/mol. The van der Waals surface area contributed by atoms with E-state index in [1.165, 1.54) is 19.1 Å². The Morgan fingerprint density at radius 2 is 1.69 bits per heavy atom. The van der Waals surface area contributed by atoms with E-state index in [4.69, 9.17) is 20.8 Å². The van der Waals surface area contributed by atoms with Gasteiger partial charge >= 0.3 is 5.97 Å². The van der Waals surface area contributed by atoms with Gasteiger partial charge in [0.2, 0.25) is 5.78 Å². The second-order valence-corrected chi connectivity index (χ2v) is 7.79. The van der Waals surface area contributed by atoms with E-state index >= 15 is 0 Å². The highest BCUT2D eigenvalue weighted by atomic mass is 35.5. The van der Waals surface area contributed by atoms with E-state index in [2.05, 4.69) is 0 Å². The standard InChI is InChI=1S/C26H19ClO5/c1-15-22(28)20-12-7-13-21(25(20)32-24(15)17-8-4-3-5-9-17)26(30)31-16(2)23(29)18-10-6-11-19(27)14-18/h3-14,16H,1-2H3/t16-/m1/s1. The molecule has 0 aliphatic rings. The van der Waals surface area contributed by atoms with Crippen molar-refractivity contribution in [2.45, 2.75) is 20.0 Å². The summed E-state index contributed by atoms with van der Waals surface area (Å²) in [6.07, 6.45) is -1.05. The van der Waals surface area contributed by atoms with Crippen LogP contribution in [0, 0.1) is 6.92 Å². The quantitative estimate of drug-likeness (QED) is 0.284. The van der Waals surface area contributed by atoms with Crippen LogP contribution in [-0.2, 0) is 4.74 Å². The van der Waals surface area contributed by atoms with Gasteiger partial charge in [-0.05, 0) is 38.1 Å². The molecule has 4 aromatic rings. The van der Waals surface area contributed by atoms with Gasteiger partial charge in [-0.3, -0.25) is 9.59 Å². The van der Waals surface area contributed by atoms with Gasteiger partial charge in [0.25, 0.3) is 0 Å². The van der Waals surface area contributed by atoms with E-state index < -0.39 is 12.1 Å². The van der Waals surface area contributed by atoms with Crippen molar-refractivity contribution >= 4 is 34.3 Å². The van der Waals surface area contributed by atoms with Gasteiger partial charge in [0, 0.05) is 21.7 Å². The number of esters is 1. The molecule has 0 bridgehead atoms. The molecule has 1 aromatic heterocycles. The number of hydrogen-bond donors (Lipinski definition) is 0. The molecule has 0 spiro atoms. The first-order chi connectivity index (χ1) is 15.4. The molecule has 4 rings (SSSR count). The summed E-state index contributed by atoms with van der Waals surface area (Å²) >= 11 is 5.95. The Bertz CT molecular complexity index is 1390. The lowest BCUT2D eigenvalue weighted by molar-refractivity contribution is 0.0319. The molecular formula is C26H19ClO5. The summed E-state index contributed by atoms with van der Waals surface area (Å²) in [4.78, 5) is 38.6. The van der Waals surface area contributed by atoms with Crippen LogP contribution >= 0.6 is 11.6 Å². The summed E-state index contributed by atoms with van der Waals surface area (Å²) in [5.41, 5.74) is 1.46. The number of carbonyl (C=O) groups is 2. The maximum Gasteiger partial charge on any atom is 0.342 e. The number of fused-ring (bicyclic) bond motifs is 1. The van der Waals surface area contributed by atoms with Crippen LogP contribution in [0.4, 0.5) is 0 Å². The summed E-state index contributed by atoms with van der Waals surface area (Å²) in [6, 6.07) is 20.3. The number of Topliss-reactive ketones (excluding diaryl/α,β-unsaturated/α-hetero) is 1. The third-order valence-electron chi connectivity index (χ3n) is 5.16. The predicted octanol–water partition coefficient (Wildman–Crippen LogP) is 5.85. The van der Waals surface area contributed by atoms with Crippen LogP contribution in [0.1, 0.15) is 33.2 Å². The average molecular weight is 447 g/mol. The Morgan fingerprint density at radius 3 is 2.41 bits per heavy atom. The largest absolute Gasteiger partial charge is 0.455 e. The normalized spacial score (nSPS) is 11.8. The minimum absolute atomic E-state index is 0.0718. The molecule has 1 atom stereocenters. The van der Waals surface area contributed by atoms with Gasteiger partial charge < -0.3 is 9.15 Å². The van der Waals surface area contributed by atoms with Crippen LogP contribution in [0.2, 0.25) is 5.02 Å². The van der Waals surface area contributed by atoms with E-state index in [9.17, 15) is 14.4 Å². The van der Waals surface area contributed by atoms with Gasteiger partial charge in [0.15, 0.2) is 17.1 Å². The topological polar surface area (TPSA) is 73.6 Å². The number of hydrogen-bond acceptors (Lipinski definition) is 5. The molecule has 1 heterocycles. The summed E-state index contributed by atoms with van der Waals surface area (Å²) in [5.74, 6) is -0.765. The molecule has 0 saturated carbocycles. The van der Waals surface area contributed by atoms with Gasteiger partial charge in [0.05, 0.1) is 5.39 Å². The van der Waals surface area contributed by atoms with Crippen molar-refractivity contribution in [3.8, 4) is 11.3 Å².